The summed E-state index contributed by atoms with van der Waals surface area (Å²) in [6, 6.07) is 3.35. The molecule has 100 valence electrons. The summed E-state index contributed by atoms with van der Waals surface area (Å²) in [5.74, 6) is 0.00943. The number of hydrogen-bond donors (Lipinski definition) is 1. The number of rotatable bonds is 5. The zero-order valence-corrected chi connectivity index (χ0v) is 12.0. The number of carbonyl (C=O) groups is 1. The van der Waals surface area contributed by atoms with Crippen LogP contribution >= 0.6 is 15.9 Å². The third kappa shape index (κ3) is 2.94. The number of aliphatic hydroxyl groups excluding tert-OH is 1. The Kier molecular flexibility index (Phi) is 5.43. The van der Waals surface area contributed by atoms with Crippen molar-refractivity contribution < 1.29 is 24.1 Å². The summed E-state index contributed by atoms with van der Waals surface area (Å²) < 4.78 is 15.6. The molecule has 0 spiro atoms. The van der Waals surface area contributed by atoms with Crippen LogP contribution < -0.4 is 9.47 Å². The number of methoxy groups -OCH3 is 2. The molecule has 0 radical (unpaired) electrons. The Balaban J connectivity index is 3.34. The van der Waals surface area contributed by atoms with Gasteiger partial charge in [-0.1, -0.05) is 15.9 Å². The maximum Gasteiger partial charge on any atom is 0.339 e. The third-order valence-corrected chi connectivity index (χ3v) is 3.00. The topological polar surface area (TPSA) is 65.0 Å². The van der Waals surface area contributed by atoms with E-state index in [0.29, 0.717) is 28.1 Å². The van der Waals surface area contributed by atoms with Crippen molar-refractivity contribution >= 4 is 21.9 Å². The number of carbonyl (C=O) groups excluding carboxylic acids is 1. The molecule has 1 aromatic carbocycles. The van der Waals surface area contributed by atoms with E-state index in [1.807, 2.05) is 0 Å². The predicted octanol–water partition coefficient (Wildman–Crippen LogP) is 2.06. The van der Waals surface area contributed by atoms with Crippen molar-refractivity contribution in [2.45, 2.75) is 13.0 Å². The molecule has 1 rings (SSSR count). The second-order valence-corrected chi connectivity index (χ2v) is 4.21. The van der Waals surface area contributed by atoms with Crippen LogP contribution in [0.1, 0.15) is 18.6 Å². The smallest absolute Gasteiger partial charge is 0.339 e. The van der Waals surface area contributed by atoms with Crippen LogP contribution in [0, 0.1) is 0 Å². The van der Waals surface area contributed by atoms with Crippen LogP contribution in [0.4, 0.5) is 0 Å². The monoisotopic (exact) mass is 318 g/mol. The van der Waals surface area contributed by atoms with Crippen LogP contribution in [-0.2, 0) is 9.53 Å². The summed E-state index contributed by atoms with van der Waals surface area (Å²) >= 11 is 3.28. The van der Waals surface area contributed by atoms with E-state index in [9.17, 15) is 9.90 Å². The van der Waals surface area contributed by atoms with Gasteiger partial charge < -0.3 is 19.3 Å². The number of esters is 1. The van der Waals surface area contributed by atoms with Crippen molar-refractivity contribution in [3.63, 3.8) is 0 Å². The average molecular weight is 319 g/mol. The summed E-state index contributed by atoms with van der Waals surface area (Å²) in [4.78, 5) is 11.4. The quantitative estimate of drug-likeness (QED) is 0.842. The molecule has 1 atom stereocenters. The van der Waals surface area contributed by atoms with Gasteiger partial charge >= 0.3 is 5.97 Å². The lowest BCUT2D eigenvalue weighted by atomic mass is 10.1. The van der Waals surface area contributed by atoms with E-state index < -0.39 is 12.1 Å². The molecule has 0 aliphatic rings. The standard InChI is InChI=1S/C12H15BrO5/c1-4-18-11-8(16-2)6-5-7(13)9(11)10(14)12(15)17-3/h5-6,10,14H,4H2,1-3H3. The predicted molar refractivity (Wildman–Crippen MR) is 68.8 cm³/mol. The summed E-state index contributed by atoms with van der Waals surface area (Å²) in [5.41, 5.74) is 0.294. The van der Waals surface area contributed by atoms with Crippen molar-refractivity contribution in [1.29, 1.82) is 0 Å². The Morgan fingerprint density at radius 3 is 2.61 bits per heavy atom. The molecule has 5 nitrogen and oxygen atoms in total. The number of halogens is 1. The lowest BCUT2D eigenvalue weighted by Gasteiger charge is -2.18. The third-order valence-electron chi connectivity index (χ3n) is 2.31. The van der Waals surface area contributed by atoms with Crippen molar-refractivity contribution in [2.24, 2.45) is 0 Å². The Bertz CT molecular complexity index is 433. The SMILES string of the molecule is CCOc1c(OC)ccc(Br)c1C(O)C(=O)OC. The number of benzene rings is 1. The molecule has 0 saturated heterocycles. The van der Waals surface area contributed by atoms with E-state index in [1.54, 1.807) is 19.1 Å². The minimum Gasteiger partial charge on any atom is -0.493 e. The van der Waals surface area contributed by atoms with Gasteiger partial charge in [-0.25, -0.2) is 4.79 Å². The molecule has 0 bridgehead atoms. The van der Waals surface area contributed by atoms with Crippen LogP contribution in [0.15, 0.2) is 16.6 Å². The van der Waals surface area contributed by atoms with Crippen molar-refractivity contribution in [3.8, 4) is 11.5 Å². The molecule has 1 N–H and O–H groups in total. The number of hydrogen-bond acceptors (Lipinski definition) is 5. The molecule has 6 heteroatoms. The lowest BCUT2D eigenvalue weighted by Crippen LogP contribution is -2.16. The van der Waals surface area contributed by atoms with E-state index >= 15 is 0 Å². The van der Waals surface area contributed by atoms with Gasteiger partial charge in [-0.05, 0) is 19.1 Å². The molecule has 0 saturated carbocycles. The molecule has 0 aliphatic heterocycles. The van der Waals surface area contributed by atoms with E-state index in [1.165, 1.54) is 14.2 Å². The van der Waals surface area contributed by atoms with E-state index in [4.69, 9.17) is 9.47 Å². The maximum absolute atomic E-state index is 11.4. The maximum atomic E-state index is 11.4. The van der Waals surface area contributed by atoms with E-state index in [-0.39, 0.29) is 0 Å². The first-order chi connectivity index (χ1) is 8.56. The zero-order valence-electron chi connectivity index (χ0n) is 10.4. The average Bonchev–Trinajstić information content (AvgIpc) is 2.38. The molecule has 18 heavy (non-hydrogen) atoms. The molecule has 0 heterocycles. The van der Waals surface area contributed by atoms with Crippen molar-refractivity contribution in [3.05, 3.63) is 22.2 Å². The zero-order chi connectivity index (χ0) is 13.7. The van der Waals surface area contributed by atoms with Gasteiger partial charge in [0.1, 0.15) is 0 Å². The van der Waals surface area contributed by atoms with Gasteiger partial charge in [0.25, 0.3) is 0 Å². The highest BCUT2D eigenvalue weighted by atomic mass is 79.9. The normalized spacial score (nSPS) is 11.8. The number of aliphatic hydroxyl groups is 1. The van der Waals surface area contributed by atoms with Gasteiger partial charge in [0.15, 0.2) is 17.6 Å². The van der Waals surface area contributed by atoms with Gasteiger partial charge in [0.2, 0.25) is 0 Å². The number of ether oxygens (including phenoxy) is 3. The Labute approximate surface area is 114 Å². The van der Waals surface area contributed by atoms with Crippen molar-refractivity contribution in [2.75, 3.05) is 20.8 Å². The van der Waals surface area contributed by atoms with Crippen LogP contribution in [0.3, 0.4) is 0 Å². The summed E-state index contributed by atoms with van der Waals surface area (Å²) in [6.45, 7) is 2.18. The molecule has 0 fully saturated rings. The van der Waals surface area contributed by atoms with E-state index in [2.05, 4.69) is 20.7 Å². The Hall–Kier alpha value is -1.27. The molecular weight excluding hydrogens is 304 g/mol. The van der Waals surface area contributed by atoms with Crippen LogP contribution in [0.5, 0.6) is 11.5 Å². The lowest BCUT2D eigenvalue weighted by molar-refractivity contribution is -0.150. The van der Waals surface area contributed by atoms with Crippen LogP contribution in [0.25, 0.3) is 0 Å². The summed E-state index contributed by atoms with van der Waals surface area (Å²) in [6.07, 6.45) is -1.43. The fourth-order valence-corrected chi connectivity index (χ4v) is 2.02. The molecule has 1 unspecified atom stereocenters. The fraction of sp³-hybridized carbons (Fsp3) is 0.417. The highest BCUT2D eigenvalue weighted by molar-refractivity contribution is 9.10. The van der Waals surface area contributed by atoms with Gasteiger partial charge in [-0.15, -0.1) is 0 Å². The van der Waals surface area contributed by atoms with E-state index in [0.717, 1.165) is 0 Å². The van der Waals surface area contributed by atoms with Gasteiger partial charge in [0, 0.05) is 4.47 Å². The minimum absolute atomic E-state index is 0.294. The first kappa shape index (κ1) is 14.8. The minimum atomic E-state index is -1.43. The molecule has 0 aromatic heterocycles. The second-order valence-electron chi connectivity index (χ2n) is 3.35. The molecular formula is C12H15BrO5. The molecule has 0 amide bonds. The highest BCUT2D eigenvalue weighted by Gasteiger charge is 2.27. The molecule has 1 aromatic rings. The van der Waals surface area contributed by atoms with Gasteiger partial charge in [-0.3, -0.25) is 0 Å². The highest BCUT2D eigenvalue weighted by Crippen LogP contribution is 2.40. The van der Waals surface area contributed by atoms with Crippen molar-refractivity contribution in [1.82, 2.24) is 0 Å². The first-order valence-corrected chi connectivity index (χ1v) is 6.11. The van der Waals surface area contributed by atoms with Crippen LogP contribution in [0.2, 0.25) is 0 Å². The van der Waals surface area contributed by atoms with Crippen LogP contribution in [-0.4, -0.2) is 31.9 Å². The summed E-state index contributed by atoms with van der Waals surface area (Å²) in [5, 5.41) is 9.96. The Morgan fingerprint density at radius 1 is 1.44 bits per heavy atom. The van der Waals surface area contributed by atoms with Gasteiger partial charge in [0.05, 0.1) is 26.4 Å². The summed E-state index contributed by atoms with van der Waals surface area (Å²) in [7, 11) is 2.69. The Morgan fingerprint density at radius 2 is 2.11 bits per heavy atom. The largest absolute Gasteiger partial charge is 0.493 e. The first-order valence-electron chi connectivity index (χ1n) is 5.31. The van der Waals surface area contributed by atoms with Gasteiger partial charge in [-0.2, -0.15) is 0 Å². The molecule has 0 aliphatic carbocycles. The second kappa shape index (κ2) is 6.61. The fourth-order valence-electron chi connectivity index (χ4n) is 1.49.